The van der Waals surface area contributed by atoms with Gasteiger partial charge in [-0.2, -0.15) is 0 Å². The van der Waals surface area contributed by atoms with Crippen molar-refractivity contribution in [3.05, 3.63) is 35.0 Å². The summed E-state index contributed by atoms with van der Waals surface area (Å²) < 4.78 is 29.6. The van der Waals surface area contributed by atoms with E-state index in [1.165, 1.54) is 27.4 Å². The summed E-state index contributed by atoms with van der Waals surface area (Å²) in [4.78, 5) is 23.8. The molecule has 2 aromatic rings. The predicted octanol–water partition coefficient (Wildman–Crippen LogP) is 3.36. The van der Waals surface area contributed by atoms with Crippen molar-refractivity contribution in [1.29, 1.82) is 0 Å². The Balaban J connectivity index is 2.44. The smallest absolute Gasteiger partial charge is 0.310 e. The summed E-state index contributed by atoms with van der Waals surface area (Å²) in [6.07, 6.45) is -0.210. The number of thiophene rings is 1. The molecule has 0 N–H and O–H groups in total. The lowest BCUT2D eigenvalue weighted by Crippen LogP contribution is -2.07. The lowest BCUT2D eigenvalue weighted by molar-refractivity contribution is -0.139. The molecule has 0 amide bonds. The van der Waals surface area contributed by atoms with Crippen LogP contribution in [0.3, 0.4) is 0 Å². The van der Waals surface area contributed by atoms with E-state index in [1.807, 2.05) is 0 Å². The molecule has 0 aliphatic heterocycles. The van der Waals surface area contributed by atoms with Gasteiger partial charge in [-0.25, -0.2) is 4.39 Å². The number of hydrogen-bond acceptors (Lipinski definition) is 6. The highest BCUT2D eigenvalue weighted by Crippen LogP contribution is 2.40. The first-order valence-corrected chi connectivity index (χ1v) is 7.37. The summed E-state index contributed by atoms with van der Waals surface area (Å²) in [5, 5.41) is 0.252. The molecule has 5 nitrogen and oxygen atoms in total. The number of carbonyl (C=O) groups excluding carboxylic acids is 2. The number of halogens is 1. The number of benzene rings is 1. The maximum atomic E-state index is 14.5. The lowest BCUT2D eigenvalue weighted by Gasteiger charge is -2.08. The van der Waals surface area contributed by atoms with Crippen molar-refractivity contribution in [2.45, 2.75) is 6.42 Å². The Morgan fingerprint density at radius 3 is 2.48 bits per heavy atom. The first-order chi connectivity index (χ1) is 10.9. The van der Waals surface area contributed by atoms with Crippen molar-refractivity contribution >= 4 is 33.2 Å². The largest absolute Gasteiger partial charge is 0.493 e. The van der Waals surface area contributed by atoms with Crippen LogP contribution in [0.5, 0.6) is 11.5 Å². The van der Waals surface area contributed by atoms with E-state index in [2.05, 4.69) is 11.3 Å². The molecule has 0 aliphatic rings. The average Bonchev–Trinajstić information content (AvgIpc) is 2.97. The number of ether oxygens (including phenoxy) is 3. The Morgan fingerprint density at radius 2 is 1.91 bits per heavy atom. The fourth-order valence-corrected chi connectivity index (χ4v) is 3.13. The first-order valence-electron chi connectivity index (χ1n) is 6.56. The van der Waals surface area contributed by atoms with Gasteiger partial charge in [0.25, 0.3) is 0 Å². The van der Waals surface area contributed by atoms with Crippen molar-refractivity contribution < 1.29 is 28.2 Å². The van der Waals surface area contributed by atoms with Gasteiger partial charge in [-0.15, -0.1) is 11.3 Å². The van der Waals surface area contributed by atoms with Crippen molar-refractivity contribution in [1.82, 2.24) is 0 Å². The Kier molecular flexibility index (Phi) is 5.00. The van der Waals surface area contributed by atoms with Gasteiger partial charge in [0.05, 0.1) is 32.6 Å². The Labute approximate surface area is 136 Å². The molecule has 0 aliphatic carbocycles. The van der Waals surface area contributed by atoms with Gasteiger partial charge < -0.3 is 14.2 Å². The first kappa shape index (κ1) is 17.0. The normalized spacial score (nSPS) is 10.4. The fraction of sp³-hybridized carbons (Fsp3) is 0.250. The van der Waals surface area contributed by atoms with Crippen LogP contribution in [0, 0.1) is 5.82 Å². The molecule has 0 saturated carbocycles. The molecule has 0 unspecified atom stereocenters. The van der Waals surface area contributed by atoms with Gasteiger partial charge in [-0.3, -0.25) is 9.59 Å². The second-order valence-electron chi connectivity index (χ2n) is 4.63. The molecule has 7 heteroatoms. The van der Waals surface area contributed by atoms with E-state index in [0.717, 1.165) is 11.3 Å². The van der Waals surface area contributed by atoms with Crippen LogP contribution >= 0.6 is 11.3 Å². The molecule has 1 aromatic carbocycles. The van der Waals surface area contributed by atoms with Crippen LogP contribution in [0.2, 0.25) is 0 Å². The Hall–Kier alpha value is -2.41. The van der Waals surface area contributed by atoms with Gasteiger partial charge in [0.1, 0.15) is 0 Å². The third-order valence-corrected chi connectivity index (χ3v) is 4.32. The summed E-state index contributed by atoms with van der Waals surface area (Å²) >= 11 is 1.09. The Morgan fingerprint density at radius 1 is 1.22 bits per heavy atom. The van der Waals surface area contributed by atoms with Crippen LogP contribution in [0.25, 0.3) is 10.1 Å². The van der Waals surface area contributed by atoms with Gasteiger partial charge in [0, 0.05) is 21.7 Å². The van der Waals surface area contributed by atoms with Gasteiger partial charge in [0.15, 0.2) is 23.1 Å². The number of rotatable bonds is 6. The maximum absolute atomic E-state index is 14.5. The number of methoxy groups -OCH3 is 3. The second-order valence-corrected chi connectivity index (χ2v) is 5.72. The summed E-state index contributed by atoms with van der Waals surface area (Å²) in [6, 6.07) is 3.02. The molecule has 0 bridgehead atoms. The second kappa shape index (κ2) is 6.78. The third kappa shape index (κ3) is 3.19. The average molecular weight is 338 g/mol. The number of ketones is 1. The Bertz CT molecular complexity index is 793. The summed E-state index contributed by atoms with van der Waals surface area (Å²) in [5.74, 6) is -1.36. The van der Waals surface area contributed by atoms with E-state index in [-0.39, 0.29) is 33.8 Å². The minimum atomic E-state index is -0.601. The standard InChI is InChI=1S/C16H15FO5S/c1-8(5-13(18)21-3)15(19)12-6-9-11(23-12)7-10(20-2)16(22-4)14(9)17/h6-7H,1,5H2,2-4H3. The number of fused-ring (bicyclic) bond motifs is 1. The lowest BCUT2D eigenvalue weighted by atomic mass is 10.1. The van der Waals surface area contributed by atoms with Gasteiger partial charge in [0.2, 0.25) is 0 Å². The van der Waals surface area contributed by atoms with Crippen LogP contribution in [0.4, 0.5) is 4.39 Å². The van der Waals surface area contributed by atoms with Crippen LogP contribution in [-0.4, -0.2) is 33.1 Å². The summed E-state index contributed by atoms with van der Waals surface area (Å²) in [6.45, 7) is 3.59. The number of esters is 1. The van der Waals surface area contributed by atoms with Gasteiger partial charge >= 0.3 is 5.97 Å². The van der Waals surface area contributed by atoms with E-state index in [1.54, 1.807) is 6.07 Å². The monoisotopic (exact) mass is 338 g/mol. The van der Waals surface area contributed by atoms with Crippen molar-refractivity contribution in [3.63, 3.8) is 0 Å². The molecule has 0 atom stereocenters. The fourth-order valence-electron chi connectivity index (χ4n) is 2.05. The minimum Gasteiger partial charge on any atom is -0.493 e. The molecular weight excluding hydrogens is 323 g/mol. The molecule has 0 saturated heterocycles. The van der Waals surface area contributed by atoms with Gasteiger partial charge in [-0.05, 0) is 6.07 Å². The van der Waals surface area contributed by atoms with E-state index >= 15 is 0 Å². The van der Waals surface area contributed by atoms with Crippen molar-refractivity contribution in [3.8, 4) is 11.5 Å². The molecule has 0 radical (unpaired) electrons. The highest BCUT2D eigenvalue weighted by Gasteiger charge is 2.21. The zero-order chi connectivity index (χ0) is 17.1. The molecule has 0 fully saturated rings. The molecule has 1 aromatic heterocycles. The number of Topliss-reactive ketones (excluding diaryl/α,β-unsaturated/α-hetero) is 1. The molecule has 23 heavy (non-hydrogen) atoms. The van der Waals surface area contributed by atoms with E-state index < -0.39 is 17.6 Å². The molecular formula is C16H15FO5S. The van der Waals surface area contributed by atoms with Crippen LogP contribution < -0.4 is 9.47 Å². The van der Waals surface area contributed by atoms with E-state index in [4.69, 9.17) is 9.47 Å². The third-order valence-electron chi connectivity index (χ3n) is 3.24. The minimum absolute atomic E-state index is 0.0230. The topological polar surface area (TPSA) is 61.8 Å². The van der Waals surface area contributed by atoms with E-state index in [9.17, 15) is 14.0 Å². The SMILES string of the molecule is C=C(CC(=O)OC)C(=O)c1cc2c(F)c(OC)c(OC)cc2s1. The molecule has 1 heterocycles. The zero-order valence-corrected chi connectivity index (χ0v) is 13.7. The van der Waals surface area contributed by atoms with Crippen molar-refractivity contribution in [2.24, 2.45) is 0 Å². The van der Waals surface area contributed by atoms with Crippen LogP contribution in [0.1, 0.15) is 16.1 Å². The number of hydrogen-bond donors (Lipinski definition) is 0. The molecule has 0 spiro atoms. The summed E-state index contributed by atoms with van der Waals surface area (Å²) in [5.41, 5.74) is 0.0859. The quantitative estimate of drug-likeness (QED) is 0.459. The van der Waals surface area contributed by atoms with Crippen LogP contribution in [0.15, 0.2) is 24.3 Å². The highest BCUT2D eigenvalue weighted by molar-refractivity contribution is 7.21. The van der Waals surface area contributed by atoms with Crippen LogP contribution in [-0.2, 0) is 9.53 Å². The number of carbonyl (C=O) groups is 2. The predicted molar refractivity (Wildman–Crippen MR) is 85.0 cm³/mol. The van der Waals surface area contributed by atoms with Crippen molar-refractivity contribution in [2.75, 3.05) is 21.3 Å². The van der Waals surface area contributed by atoms with Gasteiger partial charge in [-0.1, -0.05) is 6.58 Å². The summed E-state index contributed by atoms with van der Waals surface area (Å²) in [7, 11) is 3.97. The highest BCUT2D eigenvalue weighted by atomic mass is 32.1. The maximum Gasteiger partial charge on any atom is 0.310 e. The molecule has 122 valence electrons. The zero-order valence-electron chi connectivity index (χ0n) is 12.9. The molecule has 2 rings (SSSR count). The van der Waals surface area contributed by atoms with E-state index in [0.29, 0.717) is 4.70 Å².